The molecule has 6 heteroatoms. The first kappa shape index (κ1) is 20.4. The van der Waals surface area contributed by atoms with Gasteiger partial charge >= 0.3 is 0 Å². The minimum atomic E-state index is -0.565. The zero-order valence-corrected chi connectivity index (χ0v) is 17.3. The van der Waals surface area contributed by atoms with Gasteiger partial charge in [-0.25, -0.2) is 0 Å². The van der Waals surface area contributed by atoms with Gasteiger partial charge in [-0.3, -0.25) is 14.4 Å². The van der Waals surface area contributed by atoms with Gasteiger partial charge in [0, 0.05) is 37.8 Å². The van der Waals surface area contributed by atoms with Crippen LogP contribution in [0, 0.1) is 5.92 Å². The molecule has 0 radical (unpaired) electrons. The van der Waals surface area contributed by atoms with Crippen LogP contribution in [-0.2, 0) is 19.8 Å². The number of hydrogen-bond donors (Lipinski definition) is 1. The van der Waals surface area contributed by atoms with Gasteiger partial charge in [-0.15, -0.1) is 0 Å². The fourth-order valence-corrected chi connectivity index (χ4v) is 4.21. The van der Waals surface area contributed by atoms with E-state index in [2.05, 4.69) is 5.32 Å². The Kier molecular flexibility index (Phi) is 5.77. The molecule has 2 aliphatic rings. The van der Waals surface area contributed by atoms with Crippen LogP contribution < -0.4 is 10.2 Å². The molecule has 0 aliphatic carbocycles. The standard InChI is InChI=1S/C22H31N3O3/c1-15(2)23-20(27)16-8-7-12-24(14-16)19(26)11-13-25-18-10-6-5-9-17(18)22(3,4)21(25)28/h5-6,9-10,15-16H,7-8,11-14H2,1-4H3,(H,23,27). The number of benzene rings is 1. The lowest BCUT2D eigenvalue weighted by atomic mass is 9.86. The van der Waals surface area contributed by atoms with Crippen molar-refractivity contribution >= 4 is 23.4 Å². The summed E-state index contributed by atoms with van der Waals surface area (Å²) in [5.41, 5.74) is 1.35. The molecule has 1 aromatic carbocycles. The second kappa shape index (κ2) is 7.94. The number of anilines is 1. The number of piperidine rings is 1. The molecule has 1 fully saturated rings. The van der Waals surface area contributed by atoms with Gasteiger partial charge in [-0.05, 0) is 52.2 Å². The Hall–Kier alpha value is -2.37. The van der Waals surface area contributed by atoms with Crippen molar-refractivity contribution < 1.29 is 14.4 Å². The second-order valence-corrected chi connectivity index (χ2v) is 8.69. The van der Waals surface area contributed by atoms with E-state index >= 15 is 0 Å². The molecule has 0 aromatic heterocycles. The Balaban J connectivity index is 1.61. The topological polar surface area (TPSA) is 69.7 Å². The molecule has 1 N–H and O–H groups in total. The Bertz CT molecular complexity index is 772. The van der Waals surface area contributed by atoms with Crippen LogP contribution >= 0.6 is 0 Å². The first-order valence-corrected chi connectivity index (χ1v) is 10.2. The highest BCUT2D eigenvalue weighted by molar-refractivity contribution is 6.07. The minimum Gasteiger partial charge on any atom is -0.354 e. The lowest BCUT2D eigenvalue weighted by molar-refractivity contribution is -0.135. The summed E-state index contributed by atoms with van der Waals surface area (Å²) in [4.78, 5) is 41.5. The van der Waals surface area contributed by atoms with E-state index in [-0.39, 0.29) is 36.1 Å². The Morgan fingerprint density at radius 1 is 1.25 bits per heavy atom. The van der Waals surface area contributed by atoms with Crippen LogP contribution in [0.4, 0.5) is 5.69 Å². The summed E-state index contributed by atoms with van der Waals surface area (Å²) in [7, 11) is 0. The predicted octanol–water partition coefficient (Wildman–Crippen LogP) is 2.46. The Morgan fingerprint density at radius 3 is 2.68 bits per heavy atom. The lowest BCUT2D eigenvalue weighted by Gasteiger charge is -2.33. The van der Waals surface area contributed by atoms with E-state index < -0.39 is 5.41 Å². The summed E-state index contributed by atoms with van der Waals surface area (Å²) in [6.45, 7) is 9.26. The molecule has 1 saturated heterocycles. The number of rotatable bonds is 5. The molecular formula is C22H31N3O3. The van der Waals surface area contributed by atoms with Gasteiger partial charge in [0.05, 0.1) is 11.3 Å². The molecule has 0 bridgehead atoms. The van der Waals surface area contributed by atoms with Crippen molar-refractivity contribution in [1.82, 2.24) is 10.2 Å². The van der Waals surface area contributed by atoms with Crippen molar-refractivity contribution in [3.05, 3.63) is 29.8 Å². The smallest absolute Gasteiger partial charge is 0.237 e. The number of carbonyl (C=O) groups excluding carboxylic acids is 3. The Labute approximate surface area is 167 Å². The third-order valence-corrected chi connectivity index (χ3v) is 5.77. The molecule has 0 saturated carbocycles. The van der Waals surface area contributed by atoms with Crippen LogP contribution in [0.25, 0.3) is 0 Å². The molecule has 152 valence electrons. The van der Waals surface area contributed by atoms with Crippen LogP contribution in [-0.4, -0.2) is 48.3 Å². The lowest BCUT2D eigenvalue weighted by Crippen LogP contribution is -2.47. The molecule has 1 atom stereocenters. The third-order valence-electron chi connectivity index (χ3n) is 5.77. The molecule has 3 rings (SSSR count). The summed E-state index contributed by atoms with van der Waals surface area (Å²) in [5, 5.41) is 2.94. The summed E-state index contributed by atoms with van der Waals surface area (Å²) < 4.78 is 0. The van der Waals surface area contributed by atoms with E-state index in [4.69, 9.17) is 0 Å². The minimum absolute atomic E-state index is 0.0111. The highest BCUT2D eigenvalue weighted by atomic mass is 16.2. The van der Waals surface area contributed by atoms with E-state index in [1.807, 2.05) is 52.0 Å². The van der Waals surface area contributed by atoms with E-state index in [0.29, 0.717) is 19.6 Å². The average Bonchev–Trinajstić information content (AvgIpc) is 2.86. The monoisotopic (exact) mass is 385 g/mol. The number of nitrogens with one attached hydrogen (secondary N) is 1. The van der Waals surface area contributed by atoms with Gasteiger partial charge in [0.1, 0.15) is 0 Å². The van der Waals surface area contributed by atoms with E-state index in [1.165, 1.54) is 0 Å². The SMILES string of the molecule is CC(C)NC(=O)C1CCCN(C(=O)CCN2C(=O)C(C)(C)c3ccccc32)C1. The Morgan fingerprint density at radius 2 is 1.96 bits per heavy atom. The predicted molar refractivity (Wildman–Crippen MR) is 109 cm³/mol. The molecule has 0 spiro atoms. The summed E-state index contributed by atoms with van der Waals surface area (Å²) in [6, 6.07) is 7.89. The number of hydrogen-bond acceptors (Lipinski definition) is 3. The van der Waals surface area contributed by atoms with Crippen LogP contribution in [0.5, 0.6) is 0 Å². The van der Waals surface area contributed by atoms with Crippen molar-refractivity contribution in [2.75, 3.05) is 24.5 Å². The van der Waals surface area contributed by atoms with Crippen LogP contribution in [0.15, 0.2) is 24.3 Å². The van der Waals surface area contributed by atoms with Crippen molar-refractivity contribution in [3.8, 4) is 0 Å². The highest BCUT2D eigenvalue weighted by Gasteiger charge is 2.43. The summed E-state index contributed by atoms with van der Waals surface area (Å²) >= 11 is 0. The molecule has 2 heterocycles. The first-order valence-electron chi connectivity index (χ1n) is 10.2. The first-order chi connectivity index (χ1) is 13.2. The molecule has 3 amide bonds. The van der Waals surface area contributed by atoms with Crippen LogP contribution in [0.3, 0.4) is 0 Å². The van der Waals surface area contributed by atoms with Gasteiger partial charge < -0.3 is 15.1 Å². The quantitative estimate of drug-likeness (QED) is 0.846. The maximum absolute atomic E-state index is 12.9. The van der Waals surface area contributed by atoms with Crippen LogP contribution in [0.1, 0.15) is 52.5 Å². The fraction of sp³-hybridized carbons (Fsp3) is 0.591. The molecule has 1 unspecified atom stereocenters. The van der Waals surface area contributed by atoms with Gasteiger partial charge in [-0.1, -0.05) is 18.2 Å². The van der Waals surface area contributed by atoms with Crippen molar-refractivity contribution in [2.24, 2.45) is 5.92 Å². The maximum Gasteiger partial charge on any atom is 0.237 e. The largest absolute Gasteiger partial charge is 0.354 e. The third kappa shape index (κ3) is 3.91. The number of amides is 3. The molecular weight excluding hydrogens is 354 g/mol. The highest BCUT2D eigenvalue weighted by Crippen LogP contribution is 2.41. The maximum atomic E-state index is 12.9. The fourth-order valence-electron chi connectivity index (χ4n) is 4.21. The van der Waals surface area contributed by atoms with Crippen molar-refractivity contribution in [1.29, 1.82) is 0 Å². The number of carbonyl (C=O) groups is 3. The van der Waals surface area contributed by atoms with Crippen LogP contribution in [0.2, 0.25) is 0 Å². The normalized spacial score (nSPS) is 21.0. The van der Waals surface area contributed by atoms with Crippen molar-refractivity contribution in [3.63, 3.8) is 0 Å². The zero-order valence-electron chi connectivity index (χ0n) is 17.3. The zero-order chi connectivity index (χ0) is 20.5. The van der Waals surface area contributed by atoms with Crippen molar-refractivity contribution in [2.45, 2.75) is 58.4 Å². The average molecular weight is 386 g/mol. The summed E-state index contributed by atoms with van der Waals surface area (Å²) in [5.74, 6) is -0.0718. The van der Waals surface area contributed by atoms with Gasteiger partial charge in [-0.2, -0.15) is 0 Å². The van der Waals surface area contributed by atoms with E-state index in [9.17, 15) is 14.4 Å². The van der Waals surface area contributed by atoms with E-state index in [1.54, 1.807) is 9.80 Å². The second-order valence-electron chi connectivity index (χ2n) is 8.69. The molecule has 1 aromatic rings. The number of para-hydroxylation sites is 1. The van der Waals surface area contributed by atoms with Gasteiger partial charge in [0.25, 0.3) is 0 Å². The van der Waals surface area contributed by atoms with Gasteiger partial charge in [0.15, 0.2) is 0 Å². The number of likely N-dealkylation sites (tertiary alicyclic amines) is 1. The molecule has 6 nitrogen and oxygen atoms in total. The molecule has 2 aliphatic heterocycles. The number of fused-ring (bicyclic) bond motifs is 1. The number of nitrogens with zero attached hydrogens (tertiary/aromatic N) is 2. The summed E-state index contributed by atoms with van der Waals surface area (Å²) in [6.07, 6.45) is 1.92. The van der Waals surface area contributed by atoms with E-state index in [0.717, 1.165) is 24.1 Å². The molecule has 28 heavy (non-hydrogen) atoms. The van der Waals surface area contributed by atoms with Gasteiger partial charge in [0.2, 0.25) is 17.7 Å².